The predicted octanol–water partition coefficient (Wildman–Crippen LogP) is 2.25. The Morgan fingerprint density at radius 2 is 1.94 bits per heavy atom. The second kappa shape index (κ2) is 4.13. The van der Waals surface area contributed by atoms with Crippen LogP contribution < -0.4 is 0 Å². The standard InChI is InChI=1S/C13H22O3/c1-12(2,3)11(14)10-6-4-5-7-13(10)15-8-9-16-13/h6,11,14H,4-5,7-9H2,1-3H3. The van der Waals surface area contributed by atoms with Crippen LogP contribution in [0.1, 0.15) is 40.0 Å². The Hall–Kier alpha value is -0.380. The summed E-state index contributed by atoms with van der Waals surface area (Å²) in [6.07, 6.45) is 4.56. The molecule has 0 radical (unpaired) electrons. The van der Waals surface area contributed by atoms with Crippen molar-refractivity contribution in [3.8, 4) is 0 Å². The molecule has 0 aromatic rings. The lowest BCUT2D eigenvalue weighted by atomic mass is 9.78. The van der Waals surface area contributed by atoms with Gasteiger partial charge in [-0.2, -0.15) is 0 Å². The molecule has 1 unspecified atom stereocenters. The van der Waals surface area contributed by atoms with Gasteiger partial charge in [-0.05, 0) is 18.3 Å². The molecule has 0 amide bonds. The van der Waals surface area contributed by atoms with E-state index in [1.165, 1.54) is 0 Å². The van der Waals surface area contributed by atoms with Gasteiger partial charge in [-0.25, -0.2) is 0 Å². The summed E-state index contributed by atoms with van der Waals surface area (Å²) in [5.74, 6) is -0.620. The maximum atomic E-state index is 10.4. The van der Waals surface area contributed by atoms with E-state index in [-0.39, 0.29) is 5.41 Å². The van der Waals surface area contributed by atoms with Gasteiger partial charge in [0, 0.05) is 12.0 Å². The summed E-state index contributed by atoms with van der Waals surface area (Å²) in [5.41, 5.74) is 0.759. The highest BCUT2D eigenvalue weighted by Gasteiger charge is 2.46. The van der Waals surface area contributed by atoms with Crippen LogP contribution in [-0.4, -0.2) is 30.2 Å². The smallest absolute Gasteiger partial charge is 0.193 e. The summed E-state index contributed by atoms with van der Waals surface area (Å²) in [7, 11) is 0. The summed E-state index contributed by atoms with van der Waals surface area (Å²) in [6, 6.07) is 0. The van der Waals surface area contributed by atoms with Crippen LogP contribution in [0.3, 0.4) is 0 Å². The molecule has 16 heavy (non-hydrogen) atoms. The highest BCUT2D eigenvalue weighted by Crippen LogP contribution is 2.42. The van der Waals surface area contributed by atoms with E-state index in [0.29, 0.717) is 13.2 Å². The minimum Gasteiger partial charge on any atom is -0.388 e. The van der Waals surface area contributed by atoms with Crippen molar-refractivity contribution in [1.82, 2.24) is 0 Å². The molecule has 0 bridgehead atoms. The van der Waals surface area contributed by atoms with Crippen LogP contribution in [0.5, 0.6) is 0 Å². The first kappa shape index (κ1) is 12.1. The molecule has 1 atom stereocenters. The largest absolute Gasteiger partial charge is 0.388 e. The van der Waals surface area contributed by atoms with E-state index in [1.807, 2.05) is 20.8 Å². The summed E-state index contributed by atoms with van der Waals surface area (Å²) < 4.78 is 11.5. The highest BCUT2D eigenvalue weighted by atomic mass is 16.7. The Labute approximate surface area is 97.4 Å². The van der Waals surface area contributed by atoms with Crippen molar-refractivity contribution in [3.63, 3.8) is 0 Å². The quantitative estimate of drug-likeness (QED) is 0.697. The average Bonchev–Trinajstić information content (AvgIpc) is 2.65. The lowest BCUT2D eigenvalue weighted by molar-refractivity contribution is -0.150. The Morgan fingerprint density at radius 1 is 1.31 bits per heavy atom. The van der Waals surface area contributed by atoms with Crippen molar-refractivity contribution in [2.45, 2.75) is 51.9 Å². The Bertz CT molecular complexity index is 282. The fraction of sp³-hybridized carbons (Fsp3) is 0.846. The van der Waals surface area contributed by atoms with Crippen LogP contribution in [0.2, 0.25) is 0 Å². The number of aliphatic hydroxyl groups excluding tert-OH is 1. The van der Waals surface area contributed by atoms with Crippen molar-refractivity contribution in [1.29, 1.82) is 0 Å². The molecule has 1 fully saturated rings. The highest BCUT2D eigenvalue weighted by molar-refractivity contribution is 5.23. The van der Waals surface area contributed by atoms with Gasteiger partial charge in [0.1, 0.15) is 0 Å². The van der Waals surface area contributed by atoms with Gasteiger partial charge in [-0.1, -0.05) is 26.8 Å². The van der Waals surface area contributed by atoms with E-state index in [9.17, 15) is 5.11 Å². The molecule has 1 heterocycles. The molecule has 3 nitrogen and oxygen atoms in total. The van der Waals surface area contributed by atoms with E-state index in [2.05, 4.69) is 6.08 Å². The van der Waals surface area contributed by atoms with Crippen molar-refractivity contribution < 1.29 is 14.6 Å². The molecular formula is C13H22O3. The number of hydrogen-bond donors (Lipinski definition) is 1. The third kappa shape index (κ3) is 2.04. The van der Waals surface area contributed by atoms with E-state index >= 15 is 0 Å². The predicted molar refractivity (Wildman–Crippen MR) is 62.0 cm³/mol. The molecule has 1 saturated heterocycles. The lowest BCUT2D eigenvalue weighted by Crippen LogP contribution is -2.44. The van der Waals surface area contributed by atoms with Gasteiger partial charge in [0.05, 0.1) is 19.3 Å². The zero-order valence-corrected chi connectivity index (χ0v) is 10.5. The van der Waals surface area contributed by atoms with Crippen LogP contribution in [0, 0.1) is 5.41 Å². The van der Waals surface area contributed by atoms with Crippen molar-refractivity contribution >= 4 is 0 Å². The maximum absolute atomic E-state index is 10.4. The first-order chi connectivity index (χ1) is 7.46. The zero-order valence-electron chi connectivity index (χ0n) is 10.5. The second-order valence-electron chi connectivity index (χ2n) is 5.77. The molecule has 1 aliphatic carbocycles. The Kier molecular flexibility index (Phi) is 3.12. The number of allylic oxidation sites excluding steroid dienone is 1. The van der Waals surface area contributed by atoms with Crippen molar-refractivity contribution in [3.05, 3.63) is 11.6 Å². The van der Waals surface area contributed by atoms with E-state index in [4.69, 9.17) is 9.47 Å². The second-order valence-corrected chi connectivity index (χ2v) is 5.77. The Morgan fingerprint density at radius 3 is 2.50 bits per heavy atom. The van der Waals surface area contributed by atoms with Crippen LogP contribution in [0.4, 0.5) is 0 Å². The molecule has 0 aromatic heterocycles. The zero-order chi connectivity index (χ0) is 11.8. The first-order valence-corrected chi connectivity index (χ1v) is 6.12. The van der Waals surface area contributed by atoms with Crippen molar-refractivity contribution in [2.24, 2.45) is 5.41 Å². The van der Waals surface area contributed by atoms with Gasteiger partial charge >= 0.3 is 0 Å². The monoisotopic (exact) mass is 226 g/mol. The molecule has 2 aliphatic rings. The van der Waals surface area contributed by atoms with Gasteiger partial charge in [0.25, 0.3) is 0 Å². The number of rotatable bonds is 1. The molecule has 2 rings (SSSR count). The van der Waals surface area contributed by atoms with Crippen LogP contribution >= 0.6 is 0 Å². The summed E-state index contributed by atoms with van der Waals surface area (Å²) in [4.78, 5) is 0. The molecule has 1 spiro atoms. The van der Waals surface area contributed by atoms with Gasteiger partial charge in [0.15, 0.2) is 5.79 Å². The van der Waals surface area contributed by atoms with Gasteiger partial charge < -0.3 is 14.6 Å². The fourth-order valence-electron chi connectivity index (χ4n) is 2.44. The van der Waals surface area contributed by atoms with Gasteiger partial charge in [-0.15, -0.1) is 0 Å². The molecular weight excluding hydrogens is 204 g/mol. The minimum atomic E-state index is -0.620. The average molecular weight is 226 g/mol. The molecule has 3 heteroatoms. The maximum Gasteiger partial charge on any atom is 0.193 e. The summed E-state index contributed by atoms with van der Waals surface area (Å²) in [6.45, 7) is 7.38. The third-order valence-corrected chi connectivity index (χ3v) is 3.38. The van der Waals surface area contributed by atoms with Crippen LogP contribution in [0.25, 0.3) is 0 Å². The summed E-state index contributed by atoms with van der Waals surface area (Å²) >= 11 is 0. The minimum absolute atomic E-state index is 0.175. The molecule has 92 valence electrons. The summed E-state index contributed by atoms with van der Waals surface area (Å²) in [5, 5.41) is 10.4. The van der Waals surface area contributed by atoms with Gasteiger partial charge in [0.2, 0.25) is 0 Å². The van der Waals surface area contributed by atoms with Gasteiger partial charge in [-0.3, -0.25) is 0 Å². The number of aliphatic hydroxyl groups is 1. The molecule has 1 aliphatic heterocycles. The number of hydrogen-bond acceptors (Lipinski definition) is 3. The molecule has 0 saturated carbocycles. The molecule has 0 aromatic carbocycles. The van der Waals surface area contributed by atoms with Crippen molar-refractivity contribution in [2.75, 3.05) is 13.2 Å². The third-order valence-electron chi connectivity index (χ3n) is 3.38. The van der Waals surface area contributed by atoms with E-state index < -0.39 is 11.9 Å². The van der Waals surface area contributed by atoms with E-state index in [0.717, 1.165) is 24.8 Å². The Balaban J connectivity index is 2.26. The first-order valence-electron chi connectivity index (χ1n) is 6.12. The van der Waals surface area contributed by atoms with Crippen LogP contribution in [0.15, 0.2) is 11.6 Å². The van der Waals surface area contributed by atoms with E-state index in [1.54, 1.807) is 0 Å². The molecule has 1 N–H and O–H groups in total. The number of ether oxygens (including phenoxy) is 2. The van der Waals surface area contributed by atoms with Crippen LogP contribution in [-0.2, 0) is 9.47 Å². The fourth-order valence-corrected chi connectivity index (χ4v) is 2.44. The lowest BCUT2D eigenvalue weighted by Gasteiger charge is -2.39. The normalized spacial score (nSPS) is 26.9. The SMILES string of the molecule is CC(C)(C)C(O)C1=CCCCC12OCCO2. The topological polar surface area (TPSA) is 38.7 Å².